The Kier molecular flexibility index (Phi) is 5.84. The topological polar surface area (TPSA) is 51.2 Å². The number of nitrogens with one attached hydrogen (secondary N) is 1. The molecule has 1 aromatic carbocycles. The maximum atomic E-state index is 13.9. The van der Waals surface area contributed by atoms with Crippen LogP contribution < -0.4 is 5.32 Å². The number of carbonyl (C=O) groups is 1. The molecule has 1 aromatic heterocycles. The van der Waals surface area contributed by atoms with Gasteiger partial charge in [-0.2, -0.15) is 22.5 Å². The van der Waals surface area contributed by atoms with Crippen LogP contribution in [0.15, 0.2) is 30.3 Å². The third-order valence-electron chi connectivity index (χ3n) is 3.29. The molecule has 4 nitrogen and oxygen atoms in total. The third-order valence-corrected chi connectivity index (χ3v) is 3.29. The van der Waals surface area contributed by atoms with Gasteiger partial charge in [0.05, 0.1) is 0 Å². The fourth-order valence-electron chi connectivity index (χ4n) is 2.20. The Morgan fingerprint density at radius 2 is 1.62 bits per heavy atom. The van der Waals surface area contributed by atoms with Gasteiger partial charge in [0, 0.05) is 6.42 Å². The fourth-order valence-corrected chi connectivity index (χ4v) is 2.20. The van der Waals surface area contributed by atoms with Crippen molar-refractivity contribution in [2.45, 2.75) is 38.8 Å². The summed E-state index contributed by atoms with van der Waals surface area (Å²) in [7, 11) is 0. The van der Waals surface area contributed by atoms with Crippen molar-refractivity contribution in [2.24, 2.45) is 0 Å². The van der Waals surface area contributed by atoms with Crippen molar-refractivity contribution in [3.63, 3.8) is 0 Å². The van der Waals surface area contributed by atoms with Crippen LogP contribution in [0.5, 0.6) is 0 Å². The molecule has 0 aliphatic carbocycles. The molecule has 140 valence electrons. The zero-order valence-corrected chi connectivity index (χ0v) is 14.4. The molecule has 1 atom stereocenters. The lowest BCUT2D eigenvalue weighted by molar-refractivity contribution is -0.155. The van der Waals surface area contributed by atoms with Gasteiger partial charge < -0.3 is 10.1 Å². The predicted octanol–water partition coefficient (Wildman–Crippen LogP) is 4.00. The number of hydrogen-bond acceptors (Lipinski definition) is 4. The van der Waals surface area contributed by atoms with Gasteiger partial charge in [-0.15, -0.1) is 0 Å². The second kappa shape index (κ2) is 7.72. The van der Waals surface area contributed by atoms with Crippen LogP contribution in [0.25, 0.3) is 0 Å². The molecule has 0 bridgehead atoms. The quantitative estimate of drug-likeness (QED) is 0.491. The molecule has 2 aromatic rings. The SMILES string of the molecule is CC(C)(C)OC(=O)[C@H](Cc1ccccc1)Nc1c(F)c(F)nc(F)c1F. The fraction of sp³-hybridized carbons (Fsp3) is 0.333. The minimum absolute atomic E-state index is 0.0137. The number of nitrogens with zero attached hydrogens (tertiary/aromatic N) is 1. The van der Waals surface area contributed by atoms with Gasteiger partial charge in [-0.3, -0.25) is 0 Å². The number of aromatic nitrogens is 1. The van der Waals surface area contributed by atoms with Crippen molar-refractivity contribution in [1.82, 2.24) is 4.98 Å². The van der Waals surface area contributed by atoms with Crippen LogP contribution in [0.3, 0.4) is 0 Å². The number of benzene rings is 1. The summed E-state index contributed by atoms with van der Waals surface area (Å²) in [4.78, 5) is 14.9. The molecule has 0 spiro atoms. The second-order valence-corrected chi connectivity index (χ2v) is 6.62. The van der Waals surface area contributed by atoms with Gasteiger partial charge in [-0.05, 0) is 26.3 Å². The van der Waals surface area contributed by atoms with Crippen molar-refractivity contribution in [3.05, 3.63) is 59.4 Å². The summed E-state index contributed by atoms with van der Waals surface area (Å²) < 4.78 is 59.6. The van der Waals surface area contributed by atoms with E-state index in [0.717, 1.165) is 0 Å². The van der Waals surface area contributed by atoms with Gasteiger partial charge in [0.1, 0.15) is 17.3 Å². The lowest BCUT2D eigenvalue weighted by atomic mass is 10.1. The minimum atomic E-state index is -1.81. The van der Waals surface area contributed by atoms with E-state index in [1.54, 1.807) is 51.1 Å². The zero-order valence-electron chi connectivity index (χ0n) is 14.4. The first-order valence-electron chi connectivity index (χ1n) is 7.82. The Balaban J connectivity index is 2.37. The van der Waals surface area contributed by atoms with Gasteiger partial charge in [0.2, 0.25) is 11.6 Å². The number of pyridine rings is 1. The van der Waals surface area contributed by atoms with E-state index in [2.05, 4.69) is 10.3 Å². The number of carbonyl (C=O) groups excluding carboxylic acids is 1. The van der Waals surface area contributed by atoms with E-state index in [-0.39, 0.29) is 6.42 Å². The Hall–Kier alpha value is -2.64. The Bertz CT molecular complexity index is 766. The summed E-state index contributed by atoms with van der Waals surface area (Å²) in [5.74, 6) is -7.88. The van der Waals surface area contributed by atoms with E-state index in [1.807, 2.05) is 0 Å². The van der Waals surface area contributed by atoms with Crippen LogP contribution in [0, 0.1) is 23.5 Å². The smallest absolute Gasteiger partial charge is 0.329 e. The standard InChI is InChI=1S/C18H18F4N2O2/c1-18(2,3)26-17(25)11(9-10-7-5-4-6-8-10)23-14-12(19)15(21)24-16(22)13(14)20/h4-8,11H,9H2,1-3H3,(H,23,24)/t11-/m0/s1. The predicted molar refractivity (Wildman–Crippen MR) is 87.5 cm³/mol. The van der Waals surface area contributed by atoms with Crippen molar-refractivity contribution in [1.29, 1.82) is 0 Å². The lowest BCUT2D eigenvalue weighted by Crippen LogP contribution is -2.38. The van der Waals surface area contributed by atoms with Gasteiger partial charge in [-0.25, -0.2) is 4.79 Å². The Labute approximate surface area is 148 Å². The molecule has 8 heteroatoms. The van der Waals surface area contributed by atoms with E-state index in [4.69, 9.17) is 4.74 Å². The zero-order chi connectivity index (χ0) is 19.5. The molecule has 1 heterocycles. The van der Waals surface area contributed by atoms with Crippen LogP contribution in [-0.4, -0.2) is 22.6 Å². The monoisotopic (exact) mass is 370 g/mol. The number of halogens is 4. The highest BCUT2D eigenvalue weighted by atomic mass is 19.2. The largest absolute Gasteiger partial charge is 0.458 e. The first-order chi connectivity index (χ1) is 12.1. The maximum absolute atomic E-state index is 13.9. The normalized spacial score (nSPS) is 12.6. The summed E-state index contributed by atoms with van der Waals surface area (Å²) in [6, 6.07) is 7.30. The molecule has 0 fully saturated rings. The summed E-state index contributed by atoms with van der Waals surface area (Å²) >= 11 is 0. The van der Waals surface area contributed by atoms with Crippen molar-refractivity contribution in [3.8, 4) is 0 Å². The van der Waals surface area contributed by atoms with Crippen LogP contribution in [0.2, 0.25) is 0 Å². The molecular formula is C18H18F4N2O2. The lowest BCUT2D eigenvalue weighted by Gasteiger charge is -2.25. The molecule has 0 radical (unpaired) electrons. The molecule has 0 aliphatic rings. The van der Waals surface area contributed by atoms with Crippen LogP contribution in [0.4, 0.5) is 23.2 Å². The molecule has 0 amide bonds. The van der Waals surface area contributed by atoms with Gasteiger partial charge in [0.25, 0.3) is 11.9 Å². The summed E-state index contributed by atoms with van der Waals surface area (Å²) in [6.45, 7) is 4.87. The highest BCUT2D eigenvalue weighted by Crippen LogP contribution is 2.24. The van der Waals surface area contributed by atoms with E-state index in [9.17, 15) is 22.4 Å². The van der Waals surface area contributed by atoms with Crippen LogP contribution in [-0.2, 0) is 16.0 Å². The molecular weight excluding hydrogens is 352 g/mol. The molecule has 0 unspecified atom stereocenters. The van der Waals surface area contributed by atoms with Crippen LogP contribution in [0.1, 0.15) is 26.3 Å². The number of ether oxygens (including phenoxy) is 1. The van der Waals surface area contributed by atoms with E-state index in [0.29, 0.717) is 5.56 Å². The maximum Gasteiger partial charge on any atom is 0.329 e. The van der Waals surface area contributed by atoms with E-state index in [1.165, 1.54) is 0 Å². The van der Waals surface area contributed by atoms with E-state index >= 15 is 0 Å². The molecule has 0 aliphatic heterocycles. The van der Waals surface area contributed by atoms with Gasteiger partial charge in [-0.1, -0.05) is 30.3 Å². The number of esters is 1. The van der Waals surface area contributed by atoms with Crippen molar-refractivity contribution >= 4 is 11.7 Å². The molecule has 26 heavy (non-hydrogen) atoms. The third kappa shape index (κ3) is 4.93. The van der Waals surface area contributed by atoms with Crippen LogP contribution >= 0.6 is 0 Å². The molecule has 0 saturated carbocycles. The van der Waals surface area contributed by atoms with Gasteiger partial charge in [0.15, 0.2) is 0 Å². The summed E-state index contributed by atoms with van der Waals surface area (Å²) in [5.41, 5.74) is -1.31. The molecule has 0 saturated heterocycles. The number of rotatable bonds is 5. The first-order valence-corrected chi connectivity index (χ1v) is 7.82. The van der Waals surface area contributed by atoms with Gasteiger partial charge >= 0.3 is 5.97 Å². The minimum Gasteiger partial charge on any atom is -0.458 e. The molecule has 2 rings (SSSR count). The second-order valence-electron chi connectivity index (χ2n) is 6.62. The summed E-state index contributed by atoms with van der Waals surface area (Å²) in [5, 5.41) is 2.22. The number of hydrogen-bond donors (Lipinski definition) is 1. The summed E-state index contributed by atoms with van der Waals surface area (Å²) in [6.07, 6.45) is -0.0137. The average molecular weight is 370 g/mol. The first kappa shape index (κ1) is 19.7. The average Bonchev–Trinajstić information content (AvgIpc) is 2.55. The Morgan fingerprint density at radius 1 is 1.08 bits per heavy atom. The Morgan fingerprint density at radius 3 is 2.12 bits per heavy atom. The molecule has 1 N–H and O–H groups in total. The highest BCUT2D eigenvalue weighted by molar-refractivity contribution is 5.80. The van der Waals surface area contributed by atoms with E-state index < -0.39 is 46.8 Å². The van der Waals surface area contributed by atoms with Crippen molar-refractivity contribution < 1.29 is 27.1 Å². The number of anilines is 1. The highest BCUT2D eigenvalue weighted by Gasteiger charge is 2.29. The van der Waals surface area contributed by atoms with Crippen molar-refractivity contribution in [2.75, 3.05) is 5.32 Å².